The van der Waals surface area contributed by atoms with Crippen LogP contribution in [0.25, 0.3) is 16.7 Å². The van der Waals surface area contributed by atoms with E-state index in [1.807, 2.05) is 0 Å². The van der Waals surface area contributed by atoms with E-state index in [1.54, 1.807) is 65.5 Å². The zero-order valence-corrected chi connectivity index (χ0v) is 14.9. The summed E-state index contributed by atoms with van der Waals surface area (Å²) in [5.41, 5.74) is 3.44. The van der Waals surface area contributed by atoms with Gasteiger partial charge in [-0.25, -0.2) is 9.67 Å². The molecule has 1 aromatic carbocycles. The smallest absolute Gasteiger partial charge is 0.280 e. The van der Waals surface area contributed by atoms with E-state index in [4.69, 9.17) is 5.26 Å². The average molecular weight is 361 g/mol. The zero-order chi connectivity index (χ0) is 19.1. The molecule has 3 heterocycles. The third-order valence-corrected chi connectivity index (χ3v) is 4.28. The van der Waals surface area contributed by atoms with Crippen molar-refractivity contribution in [3.8, 4) is 11.8 Å². The lowest BCUT2D eigenvalue weighted by Crippen LogP contribution is -2.16. The maximum atomic E-state index is 12.7. The number of benzene rings is 1. The summed E-state index contributed by atoms with van der Waals surface area (Å²) < 4.78 is 4.94. The normalized spacial score (nSPS) is 10.9. The van der Waals surface area contributed by atoms with Gasteiger partial charge in [0.05, 0.1) is 40.8 Å². The molecule has 0 aliphatic carbocycles. The lowest BCUT2D eigenvalue weighted by Gasteiger charge is -2.04. The van der Waals surface area contributed by atoms with Crippen LogP contribution in [0.4, 0.5) is 5.95 Å². The number of amides is 1. The van der Waals surface area contributed by atoms with Gasteiger partial charge >= 0.3 is 0 Å². The van der Waals surface area contributed by atoms with E-state index in [0.717, 1.165) is 5.52 Å². The Kier molecular flexibility index (Phi) is 3.70. The standard InChI is InChI=1S/C17H15N9O/c1-10-15(22-23-26(10)12-8-19-24(2)9-12)16(27)21-17-20-13-6-11(7-18)4-5-14(13)25(17)3/h4-6,8-9H,1-3H3,(H,20,21,27). The molecule has 0 radical (unpaired) electrons. The van der Waals surface area contributed by atoms with Crippen LogP contribution in [0.1, 0.15) is 21.7 Å². The molecular weight excluding hydrogens is 346 g/mol. The first-order chi connectivity index (χ1) is 13.0. The second-order valence-electron chi connectivity index (χ2n) is 6.07. The van der Waals surface area contributed by atoms with E-state index in [9.17, 15) is 4.79 Å². The minimum absolute atomic E-state index is 0.198. The molecule has 27 heavy (non-hydrogen) atoms. The minimum Gasteiger partial charge on any atom is -0.313 e. The number of fused-ring (bicyclic) bond motifs is 1. The van der Waals surface area contributed by atoms with Crippen molar-refractivity contribution in [2.45, 2.75) is 6.92 Å². The first-order valence-electron chi connectivity index (χ1n) is 8.07. The number of carbonyl (C=O) groups excluding carboxylic acids is 1. The van der Waals surface area contributed by atoms with Crippen molar-refractivity contribution in [1.82, 2.24) is 34.3 Å². The van der Waals surface area contributed by atoms with E-state index < -0.39 is 5.91 Å². The van der Waals surface area contributed by atoms with E-state index in [1.165, 1.54) is 0 Å². The van der Waals surface area contributed by atoms with Gasteiger partial charge in [0.2, 0.25) is 5.95 Å². The van der Waals surface area contributed by atoms with E-state index in [2.05, 4.69) is 31.8 Å². The highest BCUT2D eigenvalue weighted by Crippen LogP contribution is 2.20. The lowest BCUT2D eigenvalue weighted by molar-refractivity contribution is 0.102. The van der Waals surface area contributed by atoms with Crippen LogP contribution in [0, 0.1) is 18.3 Å². The Morgan fingerprint density at radius 3 is 2.81 bits per heavy atom. The van der Waals surface area contributed by atoms with Crippen molar-refractivity contribution in [2.75, 3.05) is 5.32 Å². The molecule has 0 fully saturated rings. The zero-order valence-electron chi connectivity index (χ0n) is 14.9. The van der Waals surface area contributed by atoms with Gasteiger partial charge < -0.3 is 4.57 Å². The van der Waals surface area contributed by atoms with Crippen LogP contribution in [0.3, 0.4) is 0 Å². The van der Waals surface area contributed by atoms with Crippen LogP contribution in [0.5, 0.6) is 0 Å². The number of hydrogen-bond donors (Lipinski definition) is 1. The van der Waals surface area contributed by atoms with Crippen molar-refractivity contribution in [3.63, 3.8) is 0 Å². The molecule has 0 aliphatic rings. The summed E-state index contributed by atoms with van der Waals surface area (Å²) >= 11 is 0. The Morgan fingerprint density at radius 1 is 1.30 bits per heavy atom. The number of nitrogens with one attached hydrogen (secondary N) is 1. The average Bonchev–Trinajstić information content (AvgIpc) is 3.33. The Balaban J connectivity index is 1.65. The summed E-state index contributed by atoms with van der Waals surface area (Å²) in [7, 11) is 3.59. The molecule has 0 unspecified atom stereocenters. The summed E-state index contributed by atoms with van der Waals surface area (Å²) in [6, 6.07) is 7.25. The number of aryl methyl sites for hydroxylation is 2. The molecule has 134 valence electrons. The van der Waals surface area contributed by atoms with E-state index in [0.29, 0.717) is 28.4 Å². The minimum atomic E-state index is -0.415. The molecule has 0 atom stereocenters. The number of rotatable bonds is 3. The second-order valence-corrected chi connectivity index (χ2v) is 6.07. The third-order valence-electron chi connectivity index (χ3n) is 4.28. The summed E-state index contributed by atoms with van der Waals surface area (Å²) in [5.74, 6) is -0.0537. The predicted octanol–water partition coefficient (Wildman–Crippen LogP) is 1.32. The van der Waals surface area contributed by atoms with Gasteiger partial charge in [-0.1, -0.05) is 5.21 Å². The Labute approximate surface area is 153 Å². The number of hydrogen-bond acceptors (Lipinski definition) is 6. The molecular formula is C17H15N9O. The number of imidazole rings is 1. The molecule has 10 nitrogen and oxygen atoms in total. The molecule has 0 spiro atoms. The van der Waals surface area contributed by atoms with Gasteiger partial charge in [-0.15, -0.1) is 5.10 Å². The molecule has 4 aromatic rings. The SMILES string of the molecule is Cc1c(C(=O)Nc2nc3cc(C#N)ccc3n2C)nnn1-c1cnn(C)c1. The topological polar surface area (TPSA) is 119 Å². The highest BCUT2D eigenvalue weighted by atomic mass is 16.2. The Morgan fingerprint density at radius 2 is 2.11 bits per heavy atom. The maximum absolute atomic E-state index is 12.7. The molecule has 4 rings (SSSR count). The van der Waals surface area contributed by atoms with Crippen LogP contribution < -0.4 is 5.32 Å². The number of aromatic nitrogens is 7. The highest BCUT2D eigenvalue weighted by Gasteiger charge is 2.20. The fourth-order valence-corrected chi connectivity index (χ4v) is 2.84. The van der Waals surface area contributed by atoms with Crippen LogP contribution in [0.15, 0.2) is 30.6 Å². The van der Waals surface area contributed by atoms with Crippen molar-refractivity contribution in [3.05, 3.63) is 47.5 Å². The molecule has 3 aromatic heterocycles. The van der Waals surface area contributed by atoms with E-state index >= 15 is 0 Å². The number of nitriles is 1. The van der Waals surface area contributed by atoms with Gasteiger partial charge in [-0.3, -0.25) is 14.8 Å². The second kappa shape index (κ2) is 6.06. The molecule has 0 bridgehead atoms. The molecule has 1 N–H and O–H groups in total. The van der Waals surface area contributed by atoms with E-state index in [-0.39, 0.29) is 5.69 Å². The largest absolute Gasteiger partial charge is 0.313 e. The highest BCUT2D eigenvalue weighted by molar-refractivity contribution is 6.03. The third kappa shape index (κ3) is 2.71. The first kappa shape index (κ1) is 16.5. The molecule has 0 saturated heterocycles. The fraction of sp³-hybridized carbons (Fsp3) is 0.176. The van der Waals surface area contributed by atoms with Gasteiger partial charge in [0.1, 0.15) is 5.69 Å². The maximum Gasteiger partial charge on any atom is 0.280 e. The fourth-order valence-electron chi connectivity index (χ4n) is 2.84. The number of anilines is 1. The van der Waals surface area contributed by atoms with Crippen LogP contribution in [0.2, 0.25) is 0 Å². The predicted molar refractivity (Wildman–Crippen MR) is 96.2 cm³/mol. The quantitative estimate of drug-likeness (QED) is 0.588. The Hall–Kier alpha value is -4.00. The molecule has 1 amide bonds. The van der Waals surface area contributed by atoms with Gasteiger partial charge in [0.15, 0.2) is 5.69 Å². The number of nitrogens with zero attached hydrogens (tertiary/aromatic N) is 8. The lowest BCUT2D eigenvalue weighted by atomic mass is 10.2. The summed E-state index contributed by atoms with van der Waals surface area (Å²) in [6.45, 7) is 1.76. The van der Waals surface area contributed by atoms with Gasteiger partial charge in [0, 0.05) is 14.1 Å². The molecule has 0 saturated carbocycles. The summed E-state index contributed by atoms with van der Waals surface area (Å²) in [4.78, 5) is 17.1. The monoisotopic (exact) mass is 361 g/mol. The number of carbonyl (C=O) groups is 1. The van der Waals surface area contributed by atoms with Gasteiger partial charge in [-0.05, 0) is 25.1 Å². The summed E-state index contributed by atoms with van der Waals surface area (Å²) in [6.07, 6.45) is 3.42. The summed E-state index contributed by atoms with van der Waals surface area (Å²) in [5, 5.41) is 23.9. The van der Waals surface area contributed by atoms with Crippen molar-refractivity contribution >= 4 is 22.9 Å². The van der Waals surface area contributed by atoms with Gasteiger partial charge in [0.25, 0.3) is 5.91 Å². The van der Waals surface area contributed by atoms with Crippen LogP contribution in [-0.2, 0) is 14.1 Å². The molecule has 0 aliphatic heterocycles. The molecule has 10 heteroatoms. The Bertz CT molecular complexity index is 1220. The van der Waals surface area contributed by atoms with Crippen molar-refractivity contribution < 1.29 is 4.79 Å². The van der Waals surface area contributed by atoms with Crippen molar-refractivity contribution in [2.24, 2.45) is 14.1 Å². The van der Waals surface area contributed by atoms with Crippen molar-refractivity contribution in [1.29, 1.82) is 5.26 Å². The van der Waals surface area contributed by atoms with Crippen LogP contribution in [-0.4, -0.2) is 40.2 Å². The van der Waals surface area contributed by atoms with Gasteiger partial charge in [-0.2, -0.15) is 10.4 Å². The first-order valence-corrected chi connectivity index (χ1v) is 8.07. The van der Waals surface area contributed by atoms with Crippen LogP contribution >= 0.6 is 0 Å².